The molecule has 1 aromatic carbocycles. The second-order valence-corrected chi connectivity index (χ2v) is 6.01. The predicted molar refractivity (Wildman–Crippen MR) is 85.3 cm³/mol. The van der Waals surface area contributed by atoms with Crippen molar-refractivity contribution < 1.29 is 9.47 Å². The van der Waals surface area contributed by atoms with Crippen molar-refractivity contribution in [1.82, 2.24) is 5.32 Å². The van der Waals surface area contributed by atoms with Crippen molar-refractivity contribution in [2.24, 2.45) is 5.92 Å². The fourth-order valence-corrected chi connectivity index (χ4v) is 3.35. The number of rotatable bonds is 4. The molecule has 0 aliphatic carbocycles. The molecular weight excluding hydrogens is 264 g/mol. The molecule has 0 saturated carbocycles. The number of anilines is 1. The lowest BCUT2D eigenvalue weighted by molar-refractivity contribution is 0.122. The highest BCUT2D eigenvalue weighted by molar-refractivity contribution is 5.53. The second kappa shape index (κ2) is 7.14. The summed E-state index contributed by atoms with van der Waals surface area (Å²) in [5.74, 6) is 1.75. The summed E-state index contributed by atoms with van der Waals surface area (Å²) in [6, 6.07) is 6.61. The van der Waals surface area contributed by atoms with Gasteiger partial charge in [0.1, 0.15) is 5.75 Å². The molecule has 2 heterocycles. The molecule has 4 nitrogen and oxygen atoms in total. The average molecular weight is 290 g/mol. The molecule has 1 unspecified atom stereocenters. The van der Waals surface area contributed by atoms with E-state index in [2.05, 4.69) is 28.4 Å². The van der Waals surface area contributed by atoms with Crippen LogP contribution in [0.2, 0.25) is 0 Å². The van der Waals surface area contributed by atoms with Crippen LogP contribution in [0.3, 0.4) is 0 Å². The molecule has 3 rings (SSSR count). The quantitative estimate of drug-likeness (QED) is 0.920. The summed E-state index contributed by atoms with van der Waals surface area (Å²) in [7, 11) is 1.77. The summed E-state index contributed by atoms with van der Waals surface area (Å²) in [4.78, 5) is 2.41. The molecule has 0 spiro atoms. The van der Waals surface area contributed by atoms with Gasteiger partial charge in [0, 0.05) is 18.8 Å². The van der Waals surface area contributed by atoms with E-state index in [-0.39, 0.29) is 0 Å². The summed E-state index contributed by atoms with van der Waals surface area (Å²) < 4.78 is 11.0. The van der Waals surface area contributed by atoms with Crippen molar-refractivity contribution in [1.29, 1.82) is 0 Å². The van der Waals surface area contributed by atoms with Gasteiger partial charge in [0.25, 0.3) is 0 Å². The molecule has 0 radical (unpaired) electrons. The highest BCUT2D eigenvalue weighted by Gasteiger charge is 2.18. The van der Waals surface area contributed by atoms with Gasteiger partial charge in [-0.2, -0.15) is 0 Å². The standard InChI is InChI=1S/C17H26N2O2/c1-20-17-5-4-16(19-7-9-21-10-8-19)12-15(17)11-14-3-2-6-18-13-14/h4-5,12,14,18H,2-3,6-11,13H2,1H3. The Morgan fingerprint density at radius 3 is 2.90 bits per heavy atom. The summed E-state index contributed by atoms with van der Waals surface area (Å²) in [6.07, 6.45) is 3.71. The maximum Gasteiger partial charge on any atom is 0.122 e. The number of methoxy groups -OCH3 is 1. The number of nitrogens with zero attached hydrogens (tertiary/aromatic N) is 1. The Labute approximate surface area is 127 Å². The van der Waals surface area contributed by atoms with E-state index < -0.39 is 0 Å². The minimum absolute atomic E-state index is 0.729. The topological polar surface area (TPSA) is 33.7 Å². The summed E-state index contributed by atoms with van der Waals surface area (Å²) in [5.41, 5.74) is 2.65. The lowest BCUT2D eigenvalue weighted by Gasteiger charge is -2.30. The second-order valence-electron chi connectivity index (χ2n) is 6.01. The van der Waals surface area contributed by atoms with Gasteiger partial charge in [-0.3, -0.25) is 0 Å². The van der Waals surface area contributed by atoms with Crippen molar-refractivity contribution in [2.45, 2.75) is 19.3 Å². The molecule has 2 fully saturated rings. The minimum Gasteiger partial charge on any atom is -0.496 e. The van der Waals surface area contributed by atoms with E-state index in [0.29, 0.717) is 0 Å². The number of piperidine rings is 1. The number of morpholine rings is 1. The molecule has 2 saturated heterocycles. The molecule has 116 valence electrons. The molecule has 0 aromatic heterocycles. The van der Waals surface area contributed by atoms with Crippen LogP contribution in [0, 0.1) is 5.92 Å². The zero-order chi connectivity index (χ0) is 14.5. The Kier molecular flexibility index (Phi) is 4.99. The lowest BCUT2D eigenvalue weighted by atomic mass is 9.91. The van der Waals surface area contributed by atoms with Crippen LogP contribution in [-0.4, -0.2) is 46.5 Å². The lowest BCUT2D eigenvalue weighted by Crippen LogP contribution is -2.36. The van der Waals surface area contributed by atoms with Crippen LogP contribution in [-0.2, 0) is 11.2 Å². The zero-order valence-electron chi connectivity index (χ0n) is 12.9. The molecule has 1 atom stereocenters. The SMILES string of the molecule is COc1ccc(N2CCOCC2)cc1CC1CCCNC1. The van der Waals surface area contributed by atoms with Gasteiger partial charge in [0.05, 0.1) is 20.3 Å². The van der Waals surface area contributed by atoms with E-state index in [0.717, 1.165) is 50.9 Å². The summed E-state index contributed by atoms with van der Waals surface area (Å²) in [6.45, 7) is 5.92. The largest absolute Gasteiger partial charge is 0.496 e. The van der Waals surface area contributed by atoms with Crippen molar-refractivity contribution in [3.8, 4) is 5.75 Å². The predicted octanol–water partition coefficient (Wildman–Crippen LogP) is 2.07. The van der Waals surface area contributed by atoms with E-state index >= 15 is 0 Å². The maximum absolute atomic E-state index is 5.57. The molecular formula is C17H26N2O2. The van der Waals surface area contributed by atoms with Gasteiger partial charge in [-0.25, -0.2) is 0 Å². The Morgan fingerprint density at radius 2 is 2.19 bits per heavy atom. The minimum atomic E-state index is 0.729. The fourth-order valence-electron chi connectivity index (χ4n) is 3.35. The smallest absolute Gasteiger partial charge is 0.122 e. The van der Waals surface area contributed by atoms with Crippen LogP contribution in [0.15, 0.2) is 18.2 Å². The van der Waals surface area contributed by atoms with Crippen molar-refractivity contribution in [2.75, 3.05) is 51.4 Å². The third kappa shape index (κ3) is 3.69. The third-order valence-corrected chi connectivity index (χ3v) is 4.55. The molecule has 2 aliphatic rings. The van der Waals surface area contributed by atoms with Crippen molar-refractivity contribution in [3.63, 3.8) is 0 Å². The van der Waals surface area contributed by atoms with Crippen LogP contribution < -0.4 is 15.0 Å². The average Bonchev–Trinajstić information content (AvgIpc) is 2.56. The Balaban J connectivity index is 1.75. The number of benzene rings is 1. The summed E-state index contributed by atoms with van der Waals surface area (Å²) >= 11 is 0. The van der Waals surface area contributed by atoms with Gasteiger partial charge in [0.2, 0.25) is 0 Å². The van der Waals surface area contributed by atoms with Crippen LogP contribution in [0.4, 0.5) is 5.69 Å². The van der Waals surface area contributed by atoms with Gasteiger partial charge >= 0.3 is 0 Å². The van der Waals surface area contributed by atoms with E-state index in [1.54, 1.807) is 7.11 Å². The third-order valence-electron chi connectivity index (χ3n) is 4.55. The highest BCUT2D eigenvalue weighted by Crippen LogP contribution is 2.29. The van der Waals surface area contributed by atoms with E-state index in [1.807, 2.05) is 0 Å². The van der Waals surface area contributed by atoms with E-state index in [9.17, 15) is 0 Å². The van der Waals surface area contributed by atoms with E-state index in [4.69, 9.17) is 9.47 Å². The van der Waals surface area contributed by atoms with Crippen LogP contribution >= 0.6 is 0 Å². The van der Waals surface area contributed by atoms with E-state index in [1.165, 1.54) is 30.6 Å². The number of hydrogen-bond donors (Lipinski definition) is 1. The number of ether oxygens (including phenoxy) is 2. The van der Waals surface area contributed by atoms with Gasteiger partial charge < -0.3 is 19.7 Å². The monoisotopic (exact) mass is 290 g/mol. The van der Waals surface area contributed by atoms with Crippen molar-refractivity contribution >= 4 is 5.69 Å². The summed E-state index contributed by atoms with van der Waals surface area (Å²) in [5, 5.41) is 3.50. The van der Waals surface area contributed by atoms with Gasteiger partial charge in [0.15, 0.2) is 0 Å². The van der Waals surface area contributed by atoms with Gasteiger partial charge in [-0.1, -0.05) is 0 Å². The van der Waals surface area contributed by atoms with Gasteiger partial charge in [-0.15, -0.1) is 0 Å². The molecule has 1 N–H and O–H groups in total. The Morgan fingerprint density at radius 1 is 1.33 bits per heavy atom. The first-order valence-corrected chi connectivity index (χ1v) is 8.07. The molecule has 4 heteroatoms. The first-order valence-electron chi connectivity index (χ1n) is 8.07. The van der Waals surface area contributed by atoms with Gasteiger partial charge in [-0.05, 0) is 62.0 Å². The molecule has 2 aliphatic heterocycles. The molecule has 1 aromatic rings. The molecule has 0 bridgehead atoms. The zero-order valence-corrected chi connectivity index (χ0v) is 12.9. The Hall–Kier alpha value is -1.26. The van der Waals surface area contributed by atoms with Crippen LogP contribution in [0.1, 0.15) is 18.4 Å². The maximum atomic E-state index is 5.57. The molecule has 21 heavy (non-hydrogen) atoms. The normalized spacial score (nSPS) is 23.1. The number of hydrogen-bond acceptors (Lipinski definition) is 4. The highest BCUT2D eigenvalue weighted by atomic mass is 16.5. The first kappa shape index (κ1) is 14.7. The van der Waals surface area contributed by atoms with Crippen LogP contribution in [0.25, 0.3) is 0 Å². The number of nitrogens with one attached hydrogen (secondary N) is 1. The molecule has 0 amide bonds. The first-order chi connectivity index (χ1) is 10.4. The van der Waals surface area contributed by atoms with Crippen molar-refractivity contribution in [3.05, 3.63) is 23.8 Å². The Bertz CT molecular complexity index is 452. The fraction of sp³-hybridized carbons (Fsp3) is 0.647. The van der Waals surface area contributed by atoms with Crippen LogP contribution in [0.5, 0.6) is 5.75 Å².